The van der Waals surface area contributed by atoms with E-state index >= 15 is 0 Å². The maximum Gasteiger partial charge on any atom is 0.281 e. The predicted octanol–water partition coefficient (Wildman–Crippen LogP) is 4.24. The number of anilines is 1. The highest BCUT2D eigenvalue weighted by molar-refractivity contribution is 7.92. The lowest BCUT2D eigenvalue weighted by Gasteiger charge is -2.17. The Kier molecular flexibility index (Phi) is 4.42. The van der Waals surface area contributed by atoms with Crippen LogP contribution in [-0.4, -0.2) is 30.1 Å². The van der Waals surface area contributed by atoms with E-state index in [9.17, 15) is 8.42 Å². The molecule has 1 N–H and O–H groups in total. The summed E-state index contributed by atoms with van der Waals surface area (Å²) < 4.78 is 30.1. The van der Waals surface area contributed by atoms with Crippen LogP contribution in [0.15, 0.2) is 70.1 Å². The fourth-order valence-corrected chi connectivity index (χ4v) is 6.01. The van der Waals surface area contributed by atoms with Gasteiger partial charge in [0.25, 0.3) is 10.0 Å². The number of sulfonamides is 1. The summed E-state index contributed by atoms with van der Waals surface area (Å²) in [6.45, 7) is 0.712. The van der Waals surface area contributed by atoms with Gasteiger partial charge in [0.1, 0.15) is 0 Å². The fraction of sp³-hybridized carbons (Fsp3) is 0.100. The number of halogens is 1. The third-order valence-corrected chi connectivity index (χ3v) is 7.28. The average molecular weight is 443 g/mol. The third-order valence-electron chi connectivity index (χ3n) is 4.74. The zero-order valence-electron chi connectivity index (χ0n) is 15.0. The summed E-state index contributed by atoms with van der Waals surface area (Å²) in [5.41, 5.74) is 4.49. The molecule has 2 aromatic heterocycles. The molecule has 0 saturated heterocycles. The smallest absolute Gasteiger partial charge is 0.281 e. The quantitative estimate of drug-likeness (QED) is 0.513. The number of rotatable bonds is 4. The van der Waals surface area contributed by atoms with E-state index in [0.717, 1.165) is 23.3 Å². The summed E-state index contributed by atoms with van der Waals surface area (Å²) in [5.74, 6) is 0. The molecule has 0 saturated carbocycles. The van der Waals surface area contributed by atoms with Gasteiger partial charge in [-0.2, -0.15) is 8.42 Å². The summed E-state index contributed by atoms with van der Waals surface area (Å²) in [5, 5.41) is 1.64. The summed E-state index contributed by atoms with van der Waals surface area (Å²) in [6.07, 6.45) is 2.54. The number of nitrogens with zero attached hydrogens (tertiary/aromatic N) is 3. The number of thiazole rings is 1. The largest absolute Gasteiger partial charge is 0.284 e. The van der Waals surface area contributed by atoms with Gasteiger partial charge in [-0.15, -0.1) is 11.3 Å². The van der Waals surface area contributed by atoms with Crippen molar-refractivity contribution in [3.8, 4) is 0 Å². The highest BCUT2D eigenvalue weighted by Crippen LogP contribution is 2.28. The van der Waals surface area contributed by atoms with Crippen LogP contribution >= 0.6 is 22.9 Å². The number of hydrogen-bond donors (Lipinski definition) is 1. The highest BCUT2D eigenvalue weighted by atomic mass is 35.5. The maximum atomic E-state index is 13.0. The molecule has 9 heteroatoms. The van der Waals surface area contributed by atoms with Crippen LogP contribution in [0.2, 0.25) is 5.15 Å². The number of aliphatic imine (C=N–C) groups is 1. The molecule has 1 aliphatic rings. The van der Waals surface area contributed by atoms with E-state index in [1.54, 1.807) is 23.7 Å². The molecule has 0 unspecified atom stereocenters. The molecule has 0 amide bonds. The molecular weight excluding hydrogens is 428 g/mol. The molecule has 1 aliphatic heterocycles. The van der Waals surface area contributed by atoms with Crippen LogP contribution in [-0.2, 0) is 16.4 Å². The van der Waals surface area contributed by atoms with E-state index in [-0.39, 0.29) is 10.2 Å². The number of fused-ring (bicyclic) bond motifs is 2. The van der Waals surface area contributed by atoms with E-state index in [1.807, 2.05) is 30.3 Å². The molecule has 6 nitrogen and oxygen atoms in total. The Bertz CT molecular complexity index is 1370. The van der Waals surface area contributed by atoms with Crippen LogP contribution in [0.25, 0.3) is 4.96 Å². The van der Waals surface area contributed by atoms with Crippen LogP contribution < -0.4 is 4.72 Å². The minimum absolute atomic E-state index is 0.0499. The Morgan fingerprint density at radius 1 is 1.14 bits per heavy atom. The van der Waals surface area contributed by atoms with Gasteiger partial charge in [-0.3, -0.25) is 14.1 Å². The number of nitrogens with one attached hydrogen (secondary N) is 1. The molecule has 5 rings (SSSR count). The van der Waals surface area contributed by atoms with Gasteiger partial charge in [-0.05, 0) is 24.1 Å². The van der Waals surface area contributed by atoms with Crippen molar-refractivity contribution >= 4 is 49.3 Å². The number of benzene rings is 2. The minimum Gasteiger partial charge on any atom is -0.284 e. The molecule has 0 bridgehead atoms. The molecule has 0 aliphatic carbocycles. The second kappa shape index (κ2) is 6.98. The molecule has 0 fully saturated rings. The first-order chi connectivity index (χ1) is 14.0. The van der Waals surface area contributed by atoms with Gasteiger partial charge in [0, 0.05) is 34.9 Å². The first-order valence-corrected chi connectivity index (χ1v) is 11.6. The Hall–Kier alpha value is -2.68. The van der Waals surface area contributed by atoms with Crippen molar-refractivity contribution in [3.63, 3.8) is 0 Å². The summed E-state index contributed by atoms with van der Waals surface area (Å²) in [7, 11) is -3.92. The van der Waals surface area contributed by atoms with Crippen molar-refractivity contribution in [2.45, 2.75) is 11.4 Å². The van der Waals surface area contributed by atoms with Crippen molar-refractivity contribution in [3.05, 3.63) is 82.0 Å². The van der Waals surface area contributed by atoms with Crippen LogP contribution in [0.5, 0.6) is 0 Å². The van der Waals surface area contributed by atoms with Gasteiger partial charge in [0.05, 0.1) is 5.71 Å². The molecule has 2 aromatic carbocycles. The van der Waals surface area contributed by atoms with Gasteiger partial charge in [-0.25, -0.2) is 4.98 Å². The highest BCUT2D eigenvalue weighted by Gasteiger charge is 2.25. The molecule has 146 valence electrons. The van der Waals surface area contributed by atoms with Crippen molar-refractivity contribution in [2.24, 2.45) is 4.99 Å². The van der Waals surface area contributed by atoms with Gasteiger partial charge in [0.2, 0.25) is 0 Å². The first-order valence-electron chi connectivity index (χ1n) is 8.90. The molecule has 0 spiro atoms. The van der Waals surface area contributed by atoms with E-state index in [1.165, 1.54) is 21.3 Å². The van der Waals surface area contributed by atoms with Gasteiger partial charge < -0.3 is 0 Å². The second-order valence-electron chi connectivity index (χ2n) is 6.59. The lowest BCUT2D eigenvalue weighted by atomic mass is 9.93. The van der Waals surface area contributed by atoms with E-state index in [2.05, 4.69) is 20.8 Å². The Morgan fingerprint density at radius 2 is 2.00 bits per heavy atom. The lowest BCUT2D eigenvalue weighted by molar-refractivity contribution is 0.596. The van der Waals surface area contributed by atoms with E-state index in [0.29, 0.717) is 17.2 Å². The van der Waals surface area contributed by atoms with Crippen LogP contribution in [0.4, 0.5) is 5.69 Å². The summed E-state index contributed by atoms with van der Waals surface area (Å²) in [6, 6.07) is 15.4. The zero-order chi connectivity index (χ0) is 20.0. The zero-order valence-corrected chi connectivity index (χ0v) is 17.4. The number of hydrogen-bond acceptors (Lipinski definition) is 5. The Morgan fingerprint density at radius 3 is 2.90 bits per heavy atom. The van der Waals surface area contributed by atoms with Crippen molar-refractivity contribution in [2.75, 3.05) is 11.3 Å². The van der Waals surface area contributed by atoms with Crippen molar-refractivity contribution in [1.29, 1.82) is 0 Å². The Labute approximate surface area is 176 Å². The SMILES string of the molecule is O=S(=O)(Nc1cccc(C2=NCCc3ccccc32)c1)c1c(Cl)nc2sccn12. The number of imidazole rings is 1. The monoisotopic (exact) mass is 442 g/mol. The first kappa shape index (κ1) is 18.4. The normalized spacial score (nSPS) is 13.9. The lowest BCUT2D eigenvalue weighted by Crippen LogP contribution is -2.17. The Balaban J connectivity index is 1.52. The van der Waals surface area contributed by atoms with Gasteiger partial charge >= 0.3 is 0 Å². The maximum absolute atomic E-state index is 13.0. The van der Waals surface area contributed by atoms with E-state index in [4.69, 9.17) is 11.6 Å². The molecule has 0 radical (unpaired) electrons. The van der Waals surface area contributed by atoms with Crippen molar-refractivity contribution < 1.29 is 8.42 Å². The van der Waals surface area contributed by atoms with Gasteiger partial charge in [0.15, 0.2) is 15.1 Å². The van der Waals surface area contributed by atoms with Crippen LogP contribution in [0.3, 0.4) is 0 Å². The van der Waals surface area contributed by atoms with E-state index < -0.39 is 10.0 Å². The molecule has 0 atom stereocenters. The third kappa shape index (κ3) is 3.23. The number of aromatic nitrogens is 2. The molecule has 3 heterocycles. The second-order valence-corrected chi connectivity index (χ2v) is 9.42. The van der Waals surface area contributed by atoms with Crippen LogP contribution in [0.1, 0.15) is 16.7 Å². The minimum atomic E-state index is -3.92. The fourth-order valence-electron chi connectivity index (χ4n) is 3.50. The molecule has 4 aromatic rings. The standard InChI is InChI=1S/C20H15ClN4O2S2/c21-18-19(25-10-11-28-20(25)23-18)29(26,27)24-15-6-3-5-14(12-15)17-16-7-2-1-4-13(16)8-9-22-17/h1-7,10-12,24H,8-9H2. The van der Waals surface area contributed by atoms with Crippen LogP contribution in [0, 0.1) is 0 Å². The average Bonchev–Trinajstić information content (AvgIpc) is 3.27. The molecular formula is C20H15ClN4O2S2. The molecule has 29 heavy (non-hydrogen) atoms. The topological polar surface area (TPSA) is 75.8 Å². The summed E-state index contributed by atoms with van der Waals surface area (Å²) in [4.78, 5) is 9.31. The predicted molar refractivity (Wildman–Crippen MR) is 116 cm³/mol. The van der Waals surface area contributed by atoms with Crippen molar-refractivity contribution in [1.82, 2.24) is 9.38 Å². The summed E-state index contributed by atoms with van der Waals surface area (Å²) >= 11 is 7.42. The van der Waals surface area contributed by atoms with Gasteiger partial charge in [-0.1, -0.05) is 48.0 Å².